The van der Waals surface area contributed by atoms with E-state index >= 15 is 0 Å². The van der Waals surface area contributed by atoms with Crippen LogP contribution in [0.3, 0.4) is 0 Å². The molecule has 1 aromatic carbocycles. The molecule has 4 rings (SSSR count). The van der Waals surface area contributed by atoms with E-state index in [0.717, 1.165) is 5.56 Å². The van der Waals surface area contributed by atoms with E-state index < -0.39 is 5.97 Å². The van der Waals surface area contributed by atoms with E-state index in [4.69, 9.17) is 13.7 Å². The maximum Gasteiger partial charge on any atom is 0.339 e. The molecule has 3 heterocycles. The van der Waals surface area contributed by atoms with Crippen LogP contribution in [0.5, 0.6) is 0 Å². The number of benzene rings is 1. The molecule has 0 unspecified atom stereocenters. The van der Waals surface area contributed by atoms with Crippen molar-refractivity contribution in [2.75, 3.05) is 6.61 Å². The molecule has 0 amide bonds. The summed E-state index contributed by atoms with van der Waals surface area (Å²) in [6.07, 6.45) is 1.53. The molecular formula is C19H14N2O4. The third kappa shape index (κ3) is 2.67. The molecule has 0 aliphatic rings. The molecule has 0 atom stereocenters. The fraction of sp³-hybridized carbons (Fsp3) is 0.105. The lowest BCUT2D eigenvalue weighted by Crippen LogP contribution is -2.06. The van der Waals surface area contributed by atoms with Crippen LogP contribution in [0.4, 0.5) is 0 Å². The highest BCUT2D eigenvalue weighted by Gasteiger charge is 2.23. The molecule has 0 N–H and O–H groups in total. The first-order valence-electron chi connectivity index (χ1n) is 7.84. The second kappa shape index (κ2) is 6.24. The topological polar surface area (TPSA) is 78.4 Å². The summed E-state index contributed by atoms with van der Waals surface area (Å²) in [4.78, 5) is 17.0. The Morgan fingerprint density at radius 3 is 2.72 bits per heavy atom. The van der Waals surface area contributed by atoms with Crippen LogP contribution in [0, 0.1) is 0 Å². The number of ether oxygens (including phenoxy) is 1. The molecule has 0 saturated carbocycles. The number of hydrogen-bond acceptors (Lipinski definition) is 6. The van der Waals surface area contributed by atoms with E-state index in [2.05, 4.69) is 10.1 Å². The minimum Gasteiger partial charge on any atom is -0.463 e. The minimum atomic E-state index is -0.455. The SMILES string of the molecule is CCOC(=O)c1cc(-c2ccccc2)nc2onc(-c3ccco3)c12. The Kier molecular flexibility index (Phi) is 3.78. The van der Waals surface area contributed by atoms with Crippen LogP contribution in [0.15, 0.2) is 63.7 Å². The van der Waals surface area contributed by atoms with Gasteiger partial charge in [0.2, 0.25) is 0 Å². The predicted octanol–water partition coefficient (Wildman–Crippen LogP) is 4.33. The van der Waals surface area contributed by atoms with E-state index in [1.54, 1.807) is 25.1 Å². The quantitative estimate of drug-likeness (QED) is 0.517. The molecule has 0 aliphatic heterocycles. The van der Waals surface area contributed by atoms with E-state index in [1.165, 1.54) is 6.26 Å². The molecule has 0 radical (unpaired) electrons. The summed E-state index contributed by atoms with van der Waals surface area (Å²) in [6.45, 7) is 2.03. The van der Waals surface area contributed by atoms with Crippen molar-refractivity contribution in [3.63, 3.8) is 0 Å². The van der Waals surface area contributed by atoms with Crippen LogP contribution >= 0.6 is 0 Å². The second-order valence-electron chi connectivity index (χ2n) is 5.33. The van der Waals surface area contributed by atoms with Crippen molar-refractivity contribution in [2.24, 2.45) is 0 Å². The zero-order valence-electron chi connectivity index (χ0n) is 13.4. The van der Waals surface area contributed by atoms with E-state index in [-0.39, 0.29) is 12.3 Å². The number of carbonyl (C=O) groups excluding carboxylic acids is 1. The molecule has 124 valence electrons. The number of pyridine rings is 1. The molecule has 6 heteroatoms. The largest absolute Gasteiger partial charge is 0.463 e. The van der Waals surface area contributed by atoms with Gasteiger partial charge in [-0.2, -0.15) is 0 Å². The van der Waals surface area contributed by atoms with Crippen LogP contribution in [0.2, 0.25) is 0 Å². The predicted molar refractivity (Wildman–Crippen MR) is 90.9 cm³/mol. The lowest BCUT2D eigenvalue weighted by molar-refractivity contribution is 0.0528. The second-order valence-corrected chi connectivity index (χ2v) is 5.33. The van der Waals surface area contributed by atoms with Gasteiger partial charge in [-0.25, -0.2) is 9.78 Å². The fourth-order valence-corrected chi connectivity index (χ4v) is 2.66. The maximum atomic E-state index is 12.5. The Morgan fingerprint density at radius 1 is 1.16 bits per heavy atom. The number of fused-ring (bicyclic) bond motifs is 1. The molecule has 0 spiro atoms. The lowest BCUT2D eigenvalue weighted by atomic mass is 10.0. The first-order valence-corrected chi connectivity index (χ1v) is 7.84. The highest BCUT2D eigenvalue weighted by molar-refractivity contribution is 6.08. The Balaban J connectivity index is 1.97. The van der Waals surface area contributed by atoms with Gasteiger partial charge in [0.25, 0.3) is 5.71 Å². The van der Waals surface area contributed by atoms with Gasteiger partial charge >= 0.3 is 5.97 Å². The summed E-state index contributed by atoms with van der Waals surface area (Å²) < 4.78 is 16.0. The molecular weight excluding hydrogens is 320 g/mol. The first kappa shape index (κ1) is 15.1. The van der Waals surface area contributed by atoms with E-state index in [9.17, 15) is 4.79 Å². The van der Waals surface area contributed by atoms with Gasteiger partial charge in [0.15, 0.2) is 11.5 Å². The third-order valence-corrected chi connectivity index (χ3v) is 3.77. The zero-order chi connectivity index (χ0) is 17.2. The van der Waals surface area contributed by atoms with Gasteiger partial charge in [0, 0.05) is 5.56 Å². The van der Waals surface area contributed by atoms with Crippen LogP contribution in [-0.4, -0.2) is 22.7 Å². The summed E-state index contributed by atoms with van der Waals surface area (Å²) in [5.74, 6) is 0.0432. The minimum absolute atomic E-state index is 0.260. The lowest BCUT2D eigenvalue weighted by Gasteiger charge is -2.06. The maximum absolute atomic E-state index is 12.5. The van der Waals surface area contributed by atoms with Crippen LogP contribution < -0.4 is 0 Å². The van der Waals surface area contributed by atoms with Gasteiger partial charge in [-0.15, -0.1) is 0 Å². The van der Waals surface area contributed by atoms with E-state index in [1.807, 2.05) is 30.3 Å². The molecule has 4 aromatic rings. The van der Waals surface area contributed by atoms with Crippen LogP contribution in [0.1, 0.15) is 17.3 Å². The number of esters is 1. The molecule has 0 bridgehead atoms. The highest BCUT2D eigenvalue weighted by Crippen LogP contribution is 2.33. The van der Waals surface area contributed by atoms with Crippen molar-refractivity contribution in [1.82, 2.24) is 10.1 Å². The van der Waals surface area contributed by atoms with Gasteiger partial charge in [-0.1, -0.05) is 35.5 Å². The summed E-state index contributed by atoms with van der Waals surface area (Å²) in [6, 6.07) is 14.7. The van der Waals surface area contributed by atoms with Gasteiger partial charge in [-0.05, 0) is 25.1 Å². The first-order chi connectivity index (χ1) is 12.3. The molecule has 25 heavy (non-hydrogen) atoms. The normalized spacial score (nSPS) is 10.9. The van der Waals surface area contributed by atoms with Crippen molar-refractivity contribution in [3.8, 4) is 22.7 Å². The van der Waals surface area contributed by atoms with Gasteiger partial charge in [0.1, 0.15) is 0 Å². The van der Waals surface area contributed by atoms with Crippen molar-refractivity contribution in [2.45, 2.75) is 6.92 Å². The number of hydrogen-bond donors (Lipinski definition) is 0. The number of rotatable bonds is 4. The van der Waals surface area contributed by atoms with Crippen molar-refractivity contribution < 1.29 is 18.5 Å². The number of nitrogens with zero attached hydrogens (tertiary/aromatic N) is 2. The fourth-order valence-electron chi connectivity index (χ4n) is 2.66. The molecule has 0 saturated heterocycles. The molecule has 0 fully saturated rings. The molecule has 3 aromatic heterocycles. The number of aromatic nitrogens is 2. The molecule has 6 nitrogen and oxygen atoms in total. The van der Waals surface area contributed by atoms with Gasteiger partial charge in [0.05, 0.1) is 29.5 Å². The standard InChI is InChI=1S/C19H14N2O4/c1-2-23-19(22)13-11-14(12-7-4-3-5-8-12)20-18-16(13)17(21-25-18)15-9-6-10-24-15/h3-11H,2H2,1H3. The van der Waals surface area contributed by atoms with Crippen molar-refractivity contribution in [3.05, 3.63) is 60.4 Å². The Labute approximate surface area is 143 Å². The Hall–Kier alpha value is -3.41. The smallest absolute Gasteiger partial charge is 0.339 e. The average molecular weight is 334 g/mol. The van der Waals surface area contributed by atoms with E-state index in [0.29, 0.717) is 28.1 Å². The van der Waals surface area contributed by atoms with Crippen LogP contribution in [-0.2, 0) is 4.74 Å². The Morgan fingerprint density at radius 2 is 2.00 bits per heavy atom. The van der Waals surface area contributed by atoms with Crippen molar-refractivity contribution in [1.29, 1.82) is 0 Å². The van der Waals surface area contributed by atoms with Gasteiger partial charge in [-0.3, -0.25) is 0 Å². The van der Waals surface area contributed by atoms with Gasteiger partial charge < -0.3 is 13.7 Å². The number of carbonyl (C=O) groups is 1. The summed E-state index contributed by atoms with van der Waals surface area (Å²) in [5.41, 5.74) is 2.51. The summed E-state index contributed by atoms with van der Waals surface area (Å²) in [7, 11) is 0. The average Bonchev–Trinajstić information content (AvgIpc) is 3.31. The van der Waals surface area contributed by atoms with Crippen LogP contribution in [0.25, 0.3) is 33.8 Å². The van der Waals surface area contributed by atoms with Crippen molar-refractivity contribution >= 4 is 17.1 Å². The Bertz CT molecular complexity index is 1020. The summed E-state index contributed by atoms with van der Waals surface area (Å²) >= 11 is 0. The highest BCUT2D eigenvalue weighted by atomic mass is 16.5. The summed E-state index contributed by atoms with van der Waals surface area (Å²) in [5, 5.41) is 4.52. The third-order valence-electron chi connectivity index (χ3n) is 3.77. The molecule has 0 aliphatic carbocycles. The monoisotopic (exact) mass is 334 g/mol. The zero-order valence-corrected chi connectivity index (χ0v) is 13.4. The number of furan rings is 1.